The fraction of sp³-hybridized carbons (Fsp3) is 0.625. The minimum Gasteiger partial charge on any atom is -0.381 e. The third-order valence-electron chi connectivity index (χ3n) is 3.96. The minimum absolute atomic E-state index is 0.175. The Morgan fingerprint density at radius 1 is 1.11 bits per heavy atom. The van der Waals surface area contributed by atoms with Gasteiger partial charge in [0.15, 0.2) is 0 Å². The highest BCUT2D eigenvalue weighted by molar-refractivity contribution is 5.26. The predicted molar refractivity (Wildman–Crippen MR) is 75.6 cm³/mol. The summed E-state index contributed by atoms with van der Waals surface area (Å²) in [6.45, 7) is 6.25. The first-order chi connectivity index (χ1) is 8.66. The van der Waals surface area contributed by atoms with Crippen LogP contribution >= 0.6 is 0 Å². The van der Waals surface area contributed by atoms with Gasteiger partial charge in [-0.15, -0.1) is 0 Å². The van der Waals surface area contributed by atoms with Gasteiger partial charge < -0.3 is 10.5 Å². The van der Waals surface area contributed by atoms with Gasteiger partial charge in [-0.25, -0.2) is 0 Å². The molecule has 0 radical (unpaired) electrons. The van der Waals surface area contributed by atoms with Gasteiger partial charge in [-0.1, -0.05) is 38.1 Å². The van der Waals surface area contributed by atoms with Crippen LogP contribution in [0.1, 0.15) is 56.2 Å². The Hall–Kier alpha value is -0.860. The first kappa shape index (κ1) is 13.6. The molecule has 1 heterocycles. The fourth-order valence-electron chi connectivity index (χ4n) is 2.61. The van der Waals surface area contributed by atoms with Crippen molar-refractivity contribution in [2.45, 2.75) is 45.1 Å². The second kappa shape index (κ2) is 6.35. The summed E-state index contributed by atoms with van der Waals surface area (Å²) < 4.78 is 5.39. The lowest BCUT2D eigenvalue weighted by Gasteiger charge is -2.25. The zero-order valence-electron chi connectivity index (χ0n) is 11.6. The molecule has 1 aromatic rings. The van der Waals surface area contributed by atoms with E-state index in [1.807, 2.05) is 0 Å². The molecule has 1 atom stereocenters. The summed E-state index contributed by atoms with van der Waals surface area (Å²) in [5.74, 6) is 1.32. The molecule has 0 bridgehead atoms. The number of hydrogen-bond acceptors (Lipinski definition) is 2. The standard InChI is InChI=1S/C16H25NO/c1-12(2)14-3-5-15(6-4-14)16(17)11-13-7-9-18-10-8-13/h3-6,12-13,16H,7-11,17H2,1-2H3. The van der Waals surface area contributed by atoms with E-state index >= 15 is 0 Å². The summed E-state index contributed by atoms with van der Waals surface area (Å²) in [4.78, 5) is 0. The number of nitrogens with two attached hydrogens (primary N) is 1. The van der Waals surface area contributed by atoms with Crippen LogP contribution in [0.2, 0.25) is 0 Å². The molecule has 1 fully saturated rings. The maximum absolute atomic E-state index is 6.31. The fourth-order valence-corrected chi connectivity index (χ4v) is 2.61. The second-order valence-corrected chi connectivity index (χ2v) is 5.72. The average Bonchev–Trinajstić information content (AvgIpc) is 2.40. The van der Waals surface area contributed by atoms with Crippen LogP contribution in [0.5, 0.6) is 0 Å². The molecule has 100 valence electrons. The highest BCUT2D eigenvalue weighted by atomic mass is 16.5. The summed E-state index contributed by atoms with van der Waals surface area (Å²) >= 11 is 0. The van der Waals surface area contributed by atoms with Crippen molar-refractivity contribution in [1.82, 2.24) is 0 Å². The lowest BCUT2D eigenvalue weighted by Crippen LogP contribution is -2.21. The molecule has 1 saturated heterocycles. The van der Waals surface area contributed by atoms with Crippen LogP contribution in [0, 0.1) is 5.92 Å². The van der Waals surface area contributed by atoms with E-state index < -0.39 is 0 Å². The maximum Gasteiger partial charge on any atom is 0.0468 e. The minimum atomic E-state index is 0.175. The van der Waals surface area contributed by atoms with Crippen LogP contribution in [-0.4, -0.2) is 13.2 Å². The Bertz CT molecular complexity index is 352. The van der Waals surface area contributed by atoms with Gasteiger partial charge in [0.25, 0.3) is 0 Å². The van der Waals surface area contributed by atoms with E-state index in [-0.39, 0.29) is 6.04 Å². The molecule has 1 aliphatic rings. The lowest BCUT2D eigenvalue weighted by atomic mass is 9.89. The quantitative estimate of drug-likeness (QED) is 0.882. The molecule has 1 unspecified atom stereocenters. The topological polar surface area (TPSA) is 35.2 Å². The predicted octanol–water partition coefficient (Wildman–Crippen LogP) is 3.63. The van der Waals surface area contributed by atoms with Gasteiger partial charge in [-0.05, 0) is 42.2 Å². The summed E-state index contributed by atoms with van der Waals surface area (Å²) in [5.41, 5.74) is 8.97. The van der Waals surface area contributed by atoms with Crippen molar-refractivity contribution in [1.29, 1.82) is 0 Å². The summed E-state index contributed by atoms with van der Waals surface area (Å²) in [6.07, 6.45) is 3.42. The van der Waals surface area contributed by atoms with Gasteiger partial charge in [-0.2, -0.15) is 0 Å². The molecule has 0 spiro atoms. The van der Waals surface area contributed by atoms with Crippen molar-refractivity contribution >= 4 is 0 Å². The Labute approximate surface area is 111 Å². The van der Waals surface area contributed by atoms with E-state index in [4.69, 9.17) is 10.5 Å². The van der Waals surface area contributed by atoms with Gasteiger partial charge in [0.2, 0.25) is 0 Å². The van der Waals surface area contributed by atoms with Crippen molar-refractivity contribution in [2.75, 3.05) is 13.2 Å². The number of benzene rings is 1. The Kier molecular flexibility index (Phi) is 4.79. The van der Waals surface area contributed by atoms with E-state index in [1.165, 1.54) is 11.1 Å². The van der Waals surface area contributed by atoms with E-state index in [2.05, 4.69) is 38.1 Å². The summed E-state index contributed by atoms with van der Waals surface area (Å²) in [7, 11) is 0. The van der Waals surface area contributed by atoms with E-state index in [0.717, 1.165) is 38.4 Å². The molecule has 1 aliphatic heterocycles. The molecular weight excluding hydrogens is 222 g/mol. The van der Waals surface area contributed by atoms with Crippen molar-refractivity contribution in [3.8, 4) is 0 Å². The third kappa shape index (κ3) is 3.56. The molecule has 18 heavy (non-hydrogen) atoms. The van der Waals surface area contributed by atoms with Crippen LogP contribution in [0.25, 0.3) is 0 Å². The smallest absolute Gasteiger partial charge is 0.0468 e. The Morgan fingerprint density at radius 2 is 1.67 bits per heavy atom. The van der Waals surface area contributed by atoms with E-state index in [0.29, 0.717) is 5.92 Å². The largest absolute Gasteiger partial charge is 0.381 e. The summed E-state index contributed by atoms with van der Waals surface area (Å²) in [6, 6.07) is 8.99. The second-order valence-electron chi connectivity index (χ2n) is 5.72. The third-order valence-corrected chi connectivity index (χ3v) is 3.96. The van der Waals surface area contributed by atoms with Crippen LogP contribution in [0.15, 0.2) is 24.3 Å². The van der Waals surface area contributed by atoms with Crippen LogP contribution in [-0.2, 0) is 4.74 Å². The monoisotopic (exact) mass is 247 g/mol. The van der Waals surface area contributed by atoms with Crippen LogP contribution < -0.4 is 5.73 Å². The molecule has 0 aliphatic carbocycles. The van der Waals surface area contributed by atoms with Crippen molar-refractivity contribution in [3.05, 3.63) is 35.4 Å². The average molecular weight is 247 g/mol. The van der Waals surface area contributed by atoms with Gasteiger partial charge >= 0.3 is 0 Å². The van der Waals surface area contributed by atoms with Crippen molar-refractivity contribution in [3.63, 3.8) is 0 Å². The molecule has 2 rings (SSSR count). The molecule has 2 nitrogen and oxygen atoms in total. The molecule has 0 amide bonds. The van der Waals surface area contributed by atoms with Gasteiger partial charge in [-0.3, -0.25) is 0 Å². The summed E-state index contributed by atoms with van der Waals surface area (Å²) in [5, 5.41) is 0. The molecule has 2 heteroatoms. The van der Waals surface area contributed by atoms with Gasteiger partial charge in [0.05, 0.1) is 0 Å². The number of rotatable bonds is 4. The molecule has 0 aromatic heterocycles. The maximum atomic E-state index is 6.31. The van der Waals surface area contributed by atoms with E-state index in [9.17, 15) is 0 Å². The van der Waals surface area contributed by atoms with Crippen molar-refractivity contribution in [2.24, 2.45) is 11.7 Å². The molecule has 1 aromatic carbocycles. The normalized spacial score (nSPS) is 19.1. The number of ether oxygens (including phenoxy) is 1. The first-order valence-electron chi connectivity index (χ1n) is 7.10. The number of hydrogen-bond donors (Lipinski definition) is 1. The zero-order chi connectivity index (χ0) is 13.0. The molecule has 2 N–H and O–H groups in total. The van der Waals surface area contributed by atoms with Crippen molar-refractivity contribution < 1.29 is 4.74 Å². The zero-order valence-corrected chi connectivity index (χ0v) is 11.6. The van der Waals surface area contributed by atoms with Crippen LogP contribution in [0.4, 0.5) is 0 Å². The molecule has 0 saturated carbocycles. The highest BCUT2D eigenvalue weighted by Gasteiger charge is 2.18. The lowest BCUT2D eigenvalue weighted by molar-refractivity contribution is 0.0618. The SMILES string of the molecule is CC(C)c1ccc(C(N)CC2CCOCC2)cc1. The Morgan fingerprint density at radius 3 is 2.22 bits per heavy atom. The van der Waals surface area contributed by atoms with Crippen LogP contribution in [0.3, 0.4) is 0 Å². The highest BCUT2D eigenvalue weighted by Crippen LogP contribution is 2.26. The molecular formula is C16H25NO. The van der Waals surface area contributed by atoms with Gasteiger partial charge in [0.1, 0.15) is 0 Å². The van der Waals surface area contributed by atoms with Gasteiger partial charge in [0, 0.05) is 19.3 Å². The van der Waals surface area contributed by atoms with E-state index in [1.54, 1.807) is 0 Å². The Balaban J connectivity index is 1.93. The first-order valence-corrected chi connectivity index (χ1v) is 7.10.